The molecule has 0 saturated heterocycles. The minimum atomic E-state index is -0.740. The summed E-state index contributed by atoms with van der Waals surface area (Å²) in [4.78, 5) is 28.6. The molecule has 0 aliphatic heterocycles. The first-order valence-corrected chi connectivity index (χ1v) is 16.2. The smallest absolute Gasteiger partial charge is 0.338 e. The number of hydrogen-bond acceptors (Lipinski definition) is 6. The maximum atomic E-state index is 15.1. The van der Waals surface area contributed by atoms with E-state index < -0.39 is 11.6 Å². The highest BCUT2D eigenvalue weighted by molar-refractivity contribution is 6.21. The van der Waals surface area contributed by atoms with Gasteiger partial charge in [0.05, 0.1) is 11.1 Å². The topological polar surface area (TPSA) is 71.1 Å². The molecule has 6 aromatic rings. The predicted molar refractivity (Wildman–Crippen MR) is 191 cm³/mol. The molecule has 246 valence electrons. The summed E-state index contributed by atoms with van der Waals surface area (Å²) in [6.45, 7) is 6.00. The van der Waals surface area contributed by atoms with E-state index in [1.165, 1.54) is 0 Å². The van der Waals surface area contributed by atoms with Crippen LogP contribution < -0.4 is 14.2 Å². The first kappa shape index (κ1) is 33.0. The number of ketones is 1. The van der Waals surface area contributed by atoms with Crippen LogP contribution in [0.4, 0.5) is 0 Å². The normalized spacial score (nSPS) is 11.2. The van der Waals surface area contributed by atoms with Crippen molar-refractivity contribution < 1.29 is 28.5 Å². The van der Waals surface area contributed by atoms with Gasteiger partial charge in [-0.3, -0.25) is 4.79 Å². The fourth-order valence-electron chi connectivity index (χ4n) is 5.43. The second-order valence-corrected chi connectivity index (χ2v) is 12.7. The highest BCUT2D eigenvalue weighted by Crippen LogP contribution is 2.39. The SMILES string of the molecule is CC(C)(C)OC(=O)c1cc(OCc2ccccc2)c(C(=O)c2c(OCc3ccccc3)ccc3ccccc23)c(OCc2ccccc2)c1. The van der Waals surface area contributed by atoms with Gasteiger partial charge in [0, 0.05) is 0 Å². The van der Waals surface area contributed by atoms with Crippen LogP contribution in [0.1, 0.15) is 63.7 Å². The highest BCUT2D eigenvalue weighted by Gasteiger charge is 2.29. The van der Waals surface area contributed by atoms with Crippen LogP contribution in [-0.4, -0.2) is 17.4 Å². The lowest BCUT2D eigenvalue weighted by Gasteiger charge is -2.22. The van der Waals surface area contributed by atoms with E-state index in [0.717, 1.165) is 27.5 Å². The predicted octanol–water partition coefficient (Wildman–Crippen LogP) is 9.76. The van der Waals surface area contributed by atoms with Crippen molar-refractivity contribution in [3.63, 3.8) is 0 Å². The molecule has 0 radical (unpaired) electrons. The molecule has 0 aromatic heterocycles. The molecule has 0 N–H and O–H groups in total. The van der Waals surface area contributed by atoms with Gasteiger partial charge < -0.3 is 18.9 Å². The largest absolute Gasteiger partial charge is 0.488 e. The lowest BCUT2D eigenvalue weighted by atomic mass is 9.94. The van der Waals surface area contributed by atoms with E-state index >= 15 is 4.79 Å². The molecule has 49 heavy (non-hydrogen) atoms. The summed E-state index contributed by atoms with van der Waals surface area (Å²) in [7, 11) is 0. The first-order valence-electron chi connectivity index (χ1n) is 16.2. The Bertz CT molecular complexity index is 1980. The molecule has 6 rings (SSSR count). The van der Waals surface area contributed by atoms with E-state index in [4.69, 9.17) is 18.9 Å². The Morgan fingerprint density at radius 1 is 0.510 bits per heavy atom. The van der Waals surface area contributed by atoms with Crippen molar-refractivity contribution in [1.82, 2.24) is 0 Å². The third-order valence-electron chi connectivity index (χ3n) is 7.76. The van der Waals surface area contributed by atoms with E-state index in [2.05, 4.69) is 0 Å². The summed E-state index contributed by atoms with van der Waals surface area (Å²) in [6, 6.07) is 43.6. The van der Waals surface area contributed by atoms with Gasteiger partial charge in [0.2, 0.25) is 5.78 Å². The zero-order valence-corrected chi connectivity index (χ0v) is 27.8. The molecule has 0 bridgehead atoms. The van der Waals surface area contributed by atoms with Gasteiger partial charge in [-0.25, -0.2) is 4.79 Å². The van der Waals surface area contributed by atoms with Gasteiger partial charge in [0.1, 0.15) is 48.2 Å². The third-order valence-corrected chi connectivity index (χ3v) is 7.76. The number of carbonyl (C=O) groups is 2. The standard InChI is InChI=1S/C43H38O6/c1-43(2,3)49-42(45)34-25-37(47-28-31-17-9-5-10-18-31)40(38(26-34)48-29-32-19-11-6-12-20-32)41(44)39-35-22-14-13-21-33(35)23-24-36(39)46-27-30-15-7-4-8-16-30/h4-26H,27-29H2,1-3H3. The van der Waals surface area contributed by atoms with Crippen LogP contribution in [0.15, 0.2) is 140 Å². The molecule has 0 unspecified atom stereocenters. The first-order chi connectivity index (χ1) is 23.7. The number of benzene rings is 6. The zero-order chi connectivity index (χ0) is 34.2. The van der Waals surface area contributed by atoms with Crippen LogP contribution in [-0.2, 0) is 24.6 Å². The Morgan fingerprint density at radius 2 is 0.959 bits per heavy atom. The summed E-state index contributed by atoms with van der Waals surface area (Å²) in [6.07, 6.45) is 0. The van der Waals surface area contributed by atoms with Crippen molar-refractivity contribution in [3.8, 4) is 17.2 Å². The molecule has 0 saturated carbocycles. The molecule has 0 amide bonds. The van der Waals surface area contributed by atoms with Gasteiger partial charge in [-0.15, -0.1) is 0 Å². The molecule has 6 nitrogen and oxygen atoms in total. The van der Waals surface area contributed by atoms with Gasteiger partial charge in [-0.05, 0) is 66.4 Å². The summed E-state index contributed by atoms with van der Waals surface area (Å²) >= 11 is 0. The van der Waals surface area contributed by atoms with Gasteiger partial charge >= 0.3 is 5.97 Å². The lowest BCUT2D eigenvalue weighted by Crippen LogP contribution is -2.24. The Kier molecular flexibility index (Phi) is 10.1. The minimum Gasteiger partial charge on any atom is -0.488 e. The molecule has 0 atom stereocenters. The van der Waals surface area contributed by atoms with Crippen LogP contribution in [0.2, 0.25) is 0 Å². The van der Waals surface area contributed by atoms with Crippen molar-refractivity contribution in [2.75, 3.05) is 0 Å². The van der Waals surface area contributed by atoms with Crippen molar-refractivity contribution in [2.45, 2.75) is 46.2 Å². The lowest BCUT2D eigenvalue weighted by molar-refractivity contribution is 0.00682. The Balaban J connectivity index is 1.51. The van der Waals surface area contributed by atoms with E-state index in [9.17, 15) is 4.79 Å². The van der Waals surface area contributed by atoms with Crippen LogP contribution in [0.25, 0.3) is 10.8 Å². The molecule has 0 heterocycles. The van der Waals surface area contributed by atoms with E-state index in [1.807, 2.05) is 127 Å². The summed E-state index contributed by atoms with van der Waals surface area (Å²) in [5.74, 6) is -0.101. The third kappa shape index (κ3) is 8.35. The highest BCUT2D eigenvalue weighted by atomic mass is 16.6. The van der Waals surface area contributed by atoms with Crippen LogP contribution >= 0.6 is 0 Å². The molecular weight excluding hydrogens is 612 g/mol. The fourth-order valence-corrected chi connectivity index (χ4v) is 5.43. The zero-order valence-electron chi connectivity index (χ0n) is 27.8. The molecule has 0 fully saturated rings. The monoisotopic (exact) mass is 650 g/mol. The van der Waals surface area contributed by atoms with Crippen LogP contribution in [0, 0.1) is 0 Å². The average molecular weight is 651 g/mol. The van der Waals surface area contributed by atoms with Gasteiger partial charge in [-0.1, -0.05) is 121 Å². The summed E-state index contributed by atoms with van der Waals surface area (Å²) in [5.41, 5.74) is 2.77. The molecule has 0 aliphatic rings. The quantitative estimate of drug-likeness (QED) is 0.0970. The molecule has 0 aliphatic carbocycles. The number of ether oxygens (including phenoxy) is 4. The second kappa shape index (κ2) is 14.9. The van der Waals surface area contributed by atoms with Crippen LogP contribution in [0.5, 0.6) is 17.2 Å². The molecule has 0 spiro atoms. The number of fused-ring (bicyclic) bond motifs is 1. The molecular formula is C43H38O6. The fraction of sp³-hybridized carbons (Fsp3) is 0.163. The van der Waals surface area contributed by atoms with E-state index in [-0.39, 0.29) is 48.2 Å². The van der Waals surface area contributed by atoms with Crippen molar-refractivity contribution in [2.24, 2.45) is 0 Å². The van der Waals surface area contributed by atoms with Crippen molar-refractivity contribution in [1.29, 1.82) is 0 Å². The van der Waals surface area contributed by atoms with Crippen LogP contribution in [0.3, 0.4) is 0 Å². The van der Waals surface area contributed by atoms with Crippen molar-refractivity contribution >= 4 is 22.5 Å². The minimum absolute atomic E-state index is 0.157. The maximum absolute atomic E-state index is 15.1. The molecule has 6 aromatic carbocycles. The average Bonchev–Trinajstić information content (AvgIpc) is 3.12. The summed E-state index contributed by atoms with van der Waals surface area (Å²) < 4.78 is 24.9. The Labute approximate surface area is 286 Å². The Hall–Kier alpha value is -5.88. The van der Waals surface area contributed by atoms with Gasteiger partial charge in [-0.2, -0.15) is 0 Å². The maximum Gasteiger partial charge on any atom is 0.338 e. The van der Waals surface area contributed by atoms with Crippen molar-refractivity contribution in [3.05, 3.63) is 173 Å². The van der Waals surface area contributed by atoms with Gasteiger partial charge in [0.25, 0.3) is 0 Å². The number of esters is 1. The van der Waals surface area contributed by atoms with E-state index in [1.54, 1.807) is 32.9 Å². The Morgan fingerprint density at radius 3 is 1.45 bits per heavy atom. The summed E-state index contributed by atoms with van der Waals surface area (Å²) in [5, 5.41) is 1.60. The number of rotatable bonds is 12. The number of hydrogen-bond donors (Lipinski definition) is 0. The second-order valence-electron chi connectivity index (χ2n) is 12.7. The van der Waals surface area contributed by atoms with E-state index in [0.29, 0.717) is 11.3 Å². The van der Waals surface area contributed by atoms with Gasteiger partial charge in [0.15, 0.2) is 0 Å². The number of carbonyl (C=O) groups excluding carboxylic acids is 2. The molecule has 6 heteroatoms.